The Morgan fingerprint density at radius 1 is 0.949 bits per heavy atom. The molecule has 1 aliphatic heterocycles. The molecule has 1 unspecified atom stereocenters. The fourth-order valence-corrected chi connectivity index (χ4v) is 4.63. The Hall–Kier alpha value is -4.59. The molecule has 0 aliphatic carbocycles. The number of Topliss-reactive ketones (excluding diaryl/α,β-unsaturated/α-hetero) is 1. The van der Waals surface area contributed by atoms with Crippen LogP contribution in [0.5, 0.6) is 5.75 Å². The number of benzene rings is 3. The molecule has 1 aliphatic rings. The Balaban J connectivity index is 1.81. The lowest BCUT2D eigenvalue weighted by Gasteiger charge is -2.26. The summed E-state index contributed by atoms with van der Waals surface area (Å²) in [6.07, 6.45) is -0.0248. The third-order valence-corrected chi connectivity index (χ3v) is 6.63. The van der Waals surface area contributed by atoms with E-state index in [0.717, 1.165) is 11.3 Å². The van der Waals surface area contributed by atoms with Gasteiger partial charge in [-0.2, -0.15) is 0 Å². The maximum atomic E-state index is 13.4. The quantitative estimate of drug-likeness (QED) is 0.236. The average molecular weight is 529 g/mol. The lowest BCUT2D eigenvalue weighted by Crippen LogP contribution is -2.29. The van der Waals surface area contributed by atoms with Gasteiger partial charge in [0, 0.05) is 31.9 Å². The van der Waals surface area contributed by atoms with Crippen LogP contribution in [0.2, 0.25) is 0 Å². The van der Waals surface area contributed by atoms with E-state index in [1.165, 1.54) is 17.0 Å². The molecule has 2 N–H and O–H groups in total. The molecule has 202 valence electrons. The van der Waals surface area contributed by atoms with Crippen LogP contribution < -0.4 is 9.64 Å². The molecule has 0 saturated carbocycles. The van der Waals surface area contributed by atoms with Crippen molar-refractivity contribution < 1.29 is 29.3 Å². The Kier molecular flexibility index (Phi) is 7.76. The second kappa shape index (κ2) is 11.0. The molecular formula is C31H32N2O6. The summed E-state index contributed by atoms with van der Waals surface area (Å²) in [6.45, 7) is 5.75. The van der Waals surface area contributed by atoms with Crippen LogP contribution in [0.25, 0.3) is 5.76 Å². The number of carboxylic acids is 1. The van der Waals surface area contributed by atoms with Crippen LogP contribution in [0, 0.1) is 6.92 Å². The monoisotopic (exact) mass is 528 g/mol. The smallest absolute Gasteiger partial charge is 0.335 e. The van der Waals surface area contributed by atoms with Gasteiger partial charge in [0.25, 0.3) is 11.7 Å². The predicted molar refractivity (Wildman–Crippen MR) is 149 cm³/mol. The topological polar surface area (TPSA) is 107 Å². The first-order chi connectivity index (χ1) is 18.5. The summed E-state index contributed by atoms with van der Waals surface area (Å²) in [4.78, 5) is 41.4. The third-order valence-electron chi connectivity index (χ3n) is 6.63. The van der Waals surface area contributed by atoms with E-state index in [4.69, 9.17) is 4.74 Å². The fraction of sp³-hybridized carbons (Fsp3) is 0.258. The fourth-order valence-electron chi connectivity index (χ4n) is 4.63. The summed E-state index contributed by atoms with van der Waals surface area (Å²) < 4.78 is 5.80. The minimum atomic E-state index is -1.05. The van der Waals surface area contributed by atoms with E-state index in [9.17, 15) is 24.6 Å². The molecule has 8 nitrogen and oxygen atoms in total. The summed E-state index contributed by atoms with van der Waals surface area (Å²) in [7, 11) is 3.83. The number of carbonyl (C=O) groups is 3. The van der Waals surface area contributed by atoms with Crippen molar-refractivity contribution in [2.45, 2.75) is 39.5 Å². The largest absolute Gasteiger partial charge is 0.507 e. The molecule has 0 spiro atoms. The van der Waals surface area contributed by atoms with Crippen molar-refractivity contribution in [3.8, 4) is 5.75 Å². The highest BCUT2D eigenvalue weighted by atomic mass is 16.5. The molecule has 1 amide bonds. The highest BCUT2D eigenvalue weighted by Crippen LogP contribution is 2.41. The maximum absolute atomic E-state index is 13.4. The van der Waals surface area contributed by atoms with E-state index in [-0.39, 0.29) is 29.5 Å². The van der Waals surface area contributed by atoms with Crippen LogP contribution in [0.3, 0.4) is 0 Å². The summed E-state index contributed by atoms with van der Waals surface area (Å²) in [5.74, 6) is -2.17. The van der Waals surface area contributed by atoms with Gasteiger partial charge in [-0.25, -0.2) is 4.79 Å². The van der Waals surface area contributed by atoms with E-state index in [1.54, 1.807) is 30.3 Å². The van der Waals surface area contributed by atoms with Crippen molar-refractivity contribution in [3.63, 3.8) is 0 Å². The Morgan fingerprint density at radius 2 is 1.56 bits per heavy atom. The van der Waals surface area contributed by atoms with Crippen molar-refractivity contribution in [2.75, 3.05) is 19.0 Å². The molecule has 39 heavy (non-hydrogen) atoms. The highest BCUT2D eigenvalue weighted by Gasteiger charge is 2.46. The molecule has 3 aromatic rings. The van der Waals surface area contributed by atoms with E-state index in [2.05, 4.69) is 0 Å². The second-order valence-electron chi connectivity index (χ2n) is 10.1. The van der Waals surface area contributed by atoms with E-state index >= 15 is 0 Å². The number of ketones is 1. The van der Waals surface area contributed by atoms with Gasteiger partial charge >= 0.3 is 5.97 Å². The van der Waals surface area contributed by atoms with Crippen molar-refractivity contribution in [1.82, 2.24) is 4.90 Å². The number of carbonyl (C=O) groups excluding carboxylic acids is 2. The molecule has 0 radical (unpaired) electrons. The van der Waals surface area contributed by atoms with Crippen molar-refractivity contribution in [1.29, 1.82) is 0 Å². The van der Waals surface area contributed by atoms with Gasteiger partial charge in [-0.15, -0.1) is 0 Å². The number of aryl methyl sites for hydroxylation is 1. The Morgan fingerprint density at radius 3 is 2.10 bits per heavy atom. The molecular weight excluding hydrogens is 496 g/mol. The van der Waals surface area contributed by atoms with Crippen LogP contribution in [-0.4, -0.2) is 53.0 Å². The van der Waals surface area contributed by atoms with Crippen LogP contribution in [0.1, 0.15) is 52.5 Å². The zero-order valence-electron chi connectivity index (χ0n) is 22.6. The van der Waals surface area contributed by atoms with Gasteiger partial charge in [0.2, 0.25) is 0 Å². The minimum absolute atomic E-state index is 0.00307. The van der Waals surface area contributed by atoms with Gasteiger partial charge < -0.3 is 24.7 Å². The standard InChI is InChI=1S/C31H32N2O6/c1-18(2)39-25-15-12-23(16-19(25)3)28(34)26-27(21-10-13-24(14-11-21)32(4)5)33(30(36)29(26)35)17-20-6-8-22(9-7-20)31(37)38/h6-16,18,27,34H,17H2,1-5H3,(H,37,38)/b28-26-. The van der Waals surface area contributed by atoms with Crippen LogP contribution in [0.4, 0.5) is 5.69 Å². The number of aliphatic hydroxyl groups is 1. The van der Waals surface area contributed by atoms with Gasteiger partial charge in [-0.05, 0) is 79.9 Å². The van der Waals surface area contributed by atoms with E-state index < -0.39 is 23.7 Å². The van der Waals surface area contributed by atoms with Gasteiger partial charge in [0.15, 0.2) is 0 Å². The van der Waals surface area contributed by atoms with Crippen molar-refractivity contribution in [3.05, 3.63) is 100 Å². The van der Waals surface area contributed by atoms with Gasteiger partial charge in [0.05, 0.1) is 23.3 Å². The highest BCUT2D eigenvalue weighted by molar-refractivity contribution is 6.46. The molecule has 4 rings (SSSR count). The first-order valence-corrected chi connectivity index (χ1v) is 12.6. The number of hydrogen-bond donors (Lipinski definition) is 2. The summed E-state index contributed by atoms with van der Waals surface area (Å²) in [6, 6.07) is 17.9. The van der Waals surface area contributed by atoms with E-state index in [1.807, 2.05) is 64.0 Å². The number of hydrogen-bond acceptors (Lipinski definition) is 6. The summed E-state index contributed by atoms with van der Waals surface area (Å²) >= 11 is 0. The van der Waals surface area contributed by atoms with Crippen LogP contribution in [0.15, 0.2) is 72.3 Å². The zero-order chi connectivity index (χ0) is 28.4. The van der Waals surface area contributed by atoms with Gasteiger partial charge in [-0.1, -0.05) is 24.3 Å². The zero-order valence-corrected chi connectivity index (χ0v) is 22.6. The maximum Gasteiger partial charge on any atom is 0.335 e. The van der Waals surface area contributed by atoms with Crippen LogP contribution in [-0.2, 0) is 16.1 Å². The molecule has 1 atom stereocenters. The molecule has 8 heteroatoms. The third kappa shape index (κ3) is 5.65. The number of aromatic carboxylic acids is 1. The number of anilines is 1. The summed E-state index contributed by atoms with van der Waals surface area (Å²) in [5.41, 5.74) is 3.57. The van der Waals surface area contributed by atoms with Crippen molar-refractivity contribution in [2.24, 2.45) is 0 Å². The Labute approximate surface area is 227 Å². The summed E-state index contributed by atoms with van der Waals surface area (Å²) in [5, 5.41) is 20.6. The molecule has 0 aromatic heterocycles. The van der Waals surface area contributed by atoms with Crippen LogP contribution >= 0.6 is 0 Å². The average Bonchev–Trinajstić information content (AvgIpc) is 3.14. The normalized spacial score (nSPS) is 16.6. The molecule has 1 heterocycles. The van der Waals surface area contributed by atoms with E-state index in [0.29, 0.717) is 22.4 Å². The van der Waals surface area contributed by atoms with Gasteiger partial charge in [-0.3, -0.25) is 9.59 Å². The molecule has 1 saturated heterocycles. The number of amides is 1. The SMILES string of the molecule is Cc1cc(/C(O)=C2/C(=O)C(=O)N(Cc3ccc(C(=O)O)cc3)C2c2ccc(N(C)C)cc2)ccc1OC(C)C. The van der Waals surface area contributed by atoms with Gasteiger partial charge in [0.1, 0.15) is 11.5 Å². The molecule has 1 fully saturated rings. The first-order valence-electron chi connectivity index (χ1n) is 12.6. The lowest BCUT2D eigenvalue weighted by atomic mass is 9.94. The second-order valence-corrected chi connectivity index (χ2v) is 10.1. The minimum Gasteiger partial charge on any atom is -0.507 e. The Bertz CT molecular complexity index is 1440. The number of ether oxygens (including phenoxy) is 1. The molecule has 3 aromatic carbocycles. The number of likely N-dealkylation sites (tertiary alicyclic amines) is 1. The number of aliphatic hydroxyl groups excluding tert-OH is 1. The first kappa shape index (κ1) is 27.4. The lowest BCUT2D eigenvalue weighted by molar-refractivity contribution is -0.140. The van der Waals surface area contributed by atoms with Crippen molar-refractivity contribution >= 4 is 29.1 Å². The molecule has 0 bridgehead atoms. The number of rotatable bonds is 8. The predicted octanol–water partition coefficient (Wildman–Crippen LogP) is 5.17. The number of nitrogens with zero attached hydrogens (tertiary/aromatic N) is 2. The number of carboxylic acid groups (broad SMARTS) is 1.